The number of ether oxygens (including phenoxy) is 2. The van der Waals surface area contributed by atoms with Gasteiger partial charge in [-0.15, -0.1) is 0 Å². The van der Waals surface area contributed by atoms with Gasteiger partial charge in [0.15, 0.2) is 0 Å². The molecule has 1 aromatic carbocycles. The molecule has 0 aliphatic carbocycles. The van der Waals surface area contributed by atoms with Crippen LogP contribution in [0.15, 0.2) is 48.7 Å². The van der Waals surface area contributed by atoms with Crippen molar-refractivity contribution in [3.63, 3.8) is 0 Å². The van der Waals surface area contributed by atoms with Crippen LogP contribution in [0.5, 0.6) is 5.75 Å². The third kappa shape index (κ3) is 9.54. The van der Waals surface area contributed by atoms with Gasteiger partial charge in [0.05, 0.1) is 31.1 Å². The van der Waals surface area contributed by atoms with E-state index in [1.807, 2.05) is 42.5 Å². The average Bonchev–Trinajstić information content (AvgIpc) is 3.46. The van der Waals surface area contributed by atoms with Crippen molar-refractivity contribution in [1.82, 2.24) is 25.5 Å². The van der Waals surface area contributed by atoms with Crippen molar-refractivity contribution in [3.05, 3.63) is 59.9 Å². The fourth-order valence-electron chi connectivity index (χ4n) is 4.62. The summed E-state index contributed by atoms with van der Waals surface area (Å²) in [5, 5.41) is 13.0. The number of nitrogens with one attached hydrogen (secondary N) is 3. The van der Waals surface area contributed by atoms with Crippen molar-refractivity contribution in [3.8, 4) is 28.3 Å². The number of aromatic nitrogens is 2. The highest BCUT2D eigenvalue weighted by Gasteiger charge is 2.38. The predicted molar refractivity (Wildman–Crippen MR) is 154 cm³/mol. The molecular formula is C30H34F3N5O6. The molecule has 0 saturated carbocycles. The highest BCUT2D eigenvalue weighted by Crippen LogP contribution is 2.28. The van der Waals surface area contributed by atoms with Crippen LogP contribution in [0.3, 0.4) is 0 Å². The van der Waals surface area contributed by atoms with E-state index in [0.29, 0.717) is 38.1 Å². The van der Waals surface area contributed by atoms with Crippen molar-refractivity contribution in [2.75, 3.05) is 52.5 Å². The maximum absolute atomic E-state index is 12.1. The monoisotopic (exact) mass is 617 g/mol. The highest BCUT2D eigenvalue weighted by atomic mass is 19.4. The molecule has 0 radical (unpaired) electrons. The number of halogens is 3. The molecule has 2 amide bonds. The van der Waals surface area contributed by atoms with Crippen molar-refractivity contribution < 1.29 is 42.1 Å². The number of carbonyl (C=O) groups excluding carboxylic acids is 2. The predicted octanol–water partition coefficient (Wildman–Crippen LogP) is 3.27. The zero-order valence-electron chi connectivity index (χ0n) is 23.9. The number of pyridine rings is 1. The minimum Gasteiger partial charge on any atom is -0.494 e. The van der Waals surface area contributed by atoms with Gasteiger partial charge in [-0.1, -0.05) is 0 Å². The second-order valence-electron chi connectivity index (χ2n) is 10.1. The molecule has 4 N–H and O–H groups in total. The molecule has 0 spiro atoms. The smallest absolute Gasteiger partial charge is 0.490 e. The van der Waals surface area contributed by atoms with Crippen LogP contribution < -0.4 is 15.4 Å². The number of alkyl halides is 3. The molecule has 0 bridgehead atoms. The summed E-state index contributed by atoms with van der Waals surface area (Å²) in [7, 11) is 0. The van der Waals surface area contributed by atoms with Crippen LogP contribution in [-0.4, -0.2) is 96.5 Å². The largest absolute Gasteiger partial charge is 0.494 e. The lowest BCUT2D eigenvalue weighted by Gasteiger charge is -2.26. The third-order valence-electron chi connectivity index (χ3n) is 6.94. The van der Waals surface area contributed by atoms with Gasteiger partial charge in [0, 0.05) is 74.3 Å². The van der Waals surface area contributed by atoms with Gasteiger partial charge >= 0.3 is 12.1 Å². The van der Waals surface area contributed by atoms with E-state index < -0.39 is 12.1 Å². The summed E-state index contributed by atoms with van der Waals surface area (Å²) in [5.41, 5.74) is 5.40. The molecule has 1 saturated heterocycles. The lowest BCUT2D eigenvalue weighted by Crippen LogP contribution is -2.41. The summed E-state index contributed by atoms with van der Waals surface area (Å²) in [5.74, 6) is -1.97. The number of hydrogen-bond donors (Lipinski definition) is 4. The minimum atomic E-state index is -5.08. The van der Waals surface area contributed by atoms with Crippen LogP contribution in [0, 0.1) is 0 Å². The number of benzene rings is 1. The molecule has 2 aliphatic rings. The first kappa shape index (κ1) is 32.5. The summed E-state index contributed by atoms with van der Waals surface area (Å²) >= 11 is 0. The molecule has 4 heterocycles. The molecule has 2 aromatic heterocycles. The summed E-state index contributed by atoms with van der Waals surface area (Å²) < 4.78 is 42.9. The second-order valence-corrected chi connectivity index (χ2v) is 10.1. The standard InChI is InChI=1S/C28H33N5O4.C2HF3O2/c34-27(30-11-12-33-13-16-36-17-14-33)2-1-15-37-22-5-3-20(4-6-22)25-18-21(7-9-29-25)26-19-23-24(32-26)8-10-31-28(23)35;3-2(4,5)1(6)7/h3-7,9,18-19,32H,1-2,8,10-17H2,(H,30,34)(H,31,35);(H,6,7). The lowest BCUT2D eigenvalue weighted by molar-refractivity contribution is -0.192. The number of carboxylic acid groups (broad SMARTS) is 1. The Morgan fingerprint density at radius 2 is 1.82 bits per heavy atom. The number of amides is 2. The molecule has 2 aliphatic heterocycles. The Balaban J connectivity index is 0.000000566. The van der Waals surface area contributed by atoms with E-state index in [2.05, 4.69) is 25.5 Å². The minimum absolute atomic E-state index is 0.0296. The first-order chi connectivity index (χ1) is 21.1. The molecule has 44 heavy (non-hydrogen) atoms. The van der Waals surface area contributed by atoms with E-state index in [0.717, 1.165) is 73.2 Å². The fraction of sp³-hybridized carbons (Fsp3) is 0.400. The van der Waals surface area contributed by atoms with Gasteiger partial charge in [0.2, 0.25) is 5.91 Å². The van der Waals surface area contributed by atoms with Gasteiger partial charge < -0.3 is 30.2 Å². The molecule has 3 aromatic rings. The second kappa shape index (κ2) is 15.3. The molecule has 0 unspecified atom stereocenters. The number of hydrogen-bond acceptors (Lipinski definition) is 7. The summed E-state index contributed by atoms with van der Waals surface area (Å²) in [6.07, 6.45) is -1.39. The molecule has 14 heteroatoms. The maximum atomic E-state index is 12.1. The number of aliphatic carboxylic acids is 1. The van der Waals surface area contributed by atoms with Gasteiger partial charge in [0.25, 0.3) is 5.91 Å². The molecule has 1 fully saturated rings. The van der Waals surface area contributed by atoms with Gasteiger partial charge in [-0.05, 0) is 48.9 Å². The fourth-order valence-corrected chi connectivity index (χ4v) is 4.62. The summed E-state index contributed by atoms with van der Waals surface area (Å²) in [4.78, 5) is 43.3. The molecule has 11 nitrogen and oxygen atoms in total. The Kier molecular flexibility index (Phi) is 11.3. The molecule has 5 rings (SSSR count). The van der Waals surface area contributed by atoms with Crippen LogP contribution in [-0.2, 0) is 20.7 Å². The number of carboxylic acids is 1. The number of H-pyrrole nitrogens is 1. The Hall–Kier alpha value is -4.43. The van der Waals surface area contributed by atoms with E-state index in [9.17, 15) is 22.8 Å². The molecule has 0 atom stereocenters. The number of aromatic amines is 1. The van der Waals surface area contributed by atoms with E-state index in [4.69, 9.17) is 19.4 Å². The van der Waals surface area contributed by atoms with Gasteiger partial charge in [-0.3, -0.25) is 19.5 Å². The zero-order chi connectivity index (χ0) is 31.5. The van der Waals surface area contributed by atoms with Crippen molar-refractivity contribution in [2.24, 2.45) is 0 Å². The number of carbonyl (C=O) groups is 3. The summed E-state index contributed by atoms with van der Waals surface area (Å²) in [6.45, 7) is 6.06. The van der Waals surface area contributed by atoms with Crippen LogP contribution in [0.2, 0.25) is 0 Å². The maximum Gasteiger partial charge on any atom is 0.490 e. The van der Waals surface area contributed by atoms with Crippen molar-refractivity contribution >= 4 is 17.8 Å². The number of nitrogens with zero attached hydrogens (tertiary/aromatic N) is 2. The first-order valence-corrected chi connectivity index (χ1v) is 14.2. The average molecular weight is 618 g/mol. The topological polar surface area (TPSA) is 146 Å². The molecular weight excluding hydrogens is 583 g/mol. The Morgan fingerprint density at radius 1 is 1.09 bits per heavy atom. The van der Waals surface area contributed by atoms with Crippen LogP contribution in [0.1, 0.15) is 28.9 Å². The normalized spacial score (nSPS) is 14.9. The zero-order valence-corrected chi connectivity index (χ0v) is 23.9. The third-order valence-corrected chi connectivity index (χ3v) is 6.94. The molecule has 236 valence electrons. The Bertz CT molecular complexity index is 1420. The van der Waals surface area contributed by atoms with Crippen molar-refractivity contribution in [1.29, 1.82) is 0 Å². The van der Waals surface area contributed by atoms with Gasteiger partial charge in [-0.2, -0.15) is 13.2 Å². The number of morpholine rings is 1. The first-order valence-electron chi connectivity index (χ1n) is 14.2. The van der Waals surface area contributed by atoms with Crippen LogP contribution in [0.4, 0.5) is 13.2 Å². The number of fused-ring (bicyclic) bond motifs is 1. The Labute approximate surface area is 251 Å². The van der Waals surface area contributed by atoms with E-state index >= 15 is 0 Å². The Morgan fingerprint density at radius 3 is 2.50 bits per heavy atom. The summed E-state index contributed by atoms with van der Waals surface area (Å²) in [6, 6.07) is 13.7. The number of rotatable bonds is 10. The van der Waals surface area contributed by atoms with Gasteiger partial charge in [-0.25, -0.2) is 4.79 Å². The van der Waals surface area contributed by atoms with Crippen molar-refractivity contribution in [2.45, 2.75) is 25.4 Å². The van der Waals surface area contributed by atoms with E-state index in [1.165, 1.54) is 0 Å². The SMILES string of the molecule is O=C(CCCOc1ccc(-c2cc(-c3cc4c([nH]3)CCNC4=O)ccn2)cc1)NCCN1CCOCC1.O=C(O)C(F)(F)F. The van der Waals surface area contributed by atoms with Crippen LogP contribution >= 0.6 is 0 Å². The van der Waals surface area contributed by atoms with Crippen LogP contribution in [0.25, 0.3) is 22.5 Å². The highest BCUT2D eigenvalue weighted by molar-refractivity contribution is 5.97. The van der Waals surface area contributed by atoms with E-state index in [-0.39, 0.29) is 11.8 Å². The van der Waals surface area contributed by atoms with Gasteiger partial charge in [0.1, 0.15) is 5.75 Å². The lowest BCUT2D eigenvalue weighted by atomic mass is 10.1. The van der Waals surface area contributed by atoms with E-state index in [1.54, 1.807) is 6.20 Å². The quantitative estimate of drug-likeness (QED) is 0.254.